The fourth-order valence-electron chi connectivity index (χ4n) is 2.51. The van der Waals surface area contributed by atoms with Gasteiger partial charge in [-0.25, -0.2) is 0 Å². The van der Waals surface area contributed by atoms with Gasteiger partial charge in [-0.2, -0.15) is 13.2 Å². The fraction of sp³-hybridized carbons (Fsp3) is 0.462. The lowest BCUT2D eigenvalue weighted by atomic mass is 9.88. The van der Waals surface area contributed by atoms with E-state index in [-0.39, 0.29) is 5.92 Å². The first-order valence-electron chi connectivity index (χ1n) is 5.87. The summed E-state index contributed by atoms with van der Waals surface area (Å²) in [5.41, 5.74) is -0.0702. The molecule has 2 atom stereocenters. The Kier molecular flexibility index (Phi) is 3.54. The maximum Gasteiger partial charge on any atom is 0.416 e. The molecule has 0 aromatic heterocycles. The van der Waals surface area contributed by atoms with E-state index in [2.05, 4.69) is 0 Å². The number of likely N-dealkylation sites (tertiary alicyclic amines) is 1. The highest BCUT2D eigenvalue weighted by Gasteiger charge is 2.37. The summed E-state index contributed by atoms with van der Waals surface area (Å²) >= 11 is 0. The van der Waals surface area contributed by atoms with Gasteiger partial charge in [-0.15, -0.1) is 0 Å². The number of carboxylic acid groups (broad SMARTS) is 1. The zero-order chi connectivity index (χ0) is 14.2. The zero-order valence-corrected chi connectivity index (χ0v) is 10.3. The Morgan fingerprint density at radius 3 is 2.32 bits per heavy atom. The van der Waals surface area contributed by atoms with E-state index >= 15 is 0 Å². The Bertz CT molecular complexity index is 470. The van der Waals surface area contributed by atoms with Crippen LogP contribution < -0.4 is 0 Å². The summed E-state index contributed by atoms with van der Waals surface area (Å²) in [6.07, 6.45) is -4.36. The molecule has 6 heteroatoms. The second-order valence-corrected chi connectivity index (χ2v) is 4.89. The minimum absolute atomic E-state index is 0.259. The van der Waals surface area contributed by atoms with Crippen molar-refractivity contribution in [1.29, 1.82) is 0 Å². The number of carbonyl (C=O) groups is 1. The van der Waals surface area contributed by atoms with E-state index in [0.29, 0.717) is 18.7 Å². The molecule has 0 saturated carbocycles. The van der Waals surface area contributed by atoms with Crippen molar-refractivity contribution in [1.82, 2.24) is 4.90 Å². The predicted octanol–water partition coefficient (Wildman–Crippen LogP) is 2.44. The Morgan fingerprint density at radius 2 is 1.84 bits per heavy atom. The normalized spacial score (nSPS) is 24.6. The van der Waals surface area contributed by atoms with Gasteiger partial charge in [0.25, 0.3) is 0 Å². The summed E-state index contributed by atoms with van der Waals surface area (Å²) in [6.45, 7) is 0.962. The van der Waals surface area contributed by atoms with Gasteiger partial charge in [0, 0.05) is 19.0 Å². The Morgan fingerprint density at radius 1 is 1.26 bits per heavy atom. The van der Waals surface area contributed by atoms with Crippen LogP contribution in [0.2, 0.25) is 0 Å². The van der Waals surface area contributed by atoms with E-state index in [4.69, 9.17) is 5.11 Å². The van der Waals surface area contributed by atoms with Gasteiger partial charge in [-0.05, 0) is 24.7 Å². The summed E-state index contributed by atoms with van der Waals surface area (Å²) in [5.74, 6) is -1.74. The number of carboxylic acids is 1. The fourth-order valence-corrected chi connectivity index (χ4v) is 2.51. The summed E-state index contributed by atoms with van der Waals surface area (Å²) < 4.78 is 37.4. The molecule has 19 heavy (non-hydrogen) atoms. The first kappa shape index (κ1) is 13.9. The molecule has 3 nitrogen and oxygen atoms in total. The minimum Gasteiger partial charge on any atom is -0.481 e. The quantitative estimate of drug-likeness (QED) is 0.899. The SMILES string of the molecule is CN1CC(C(=O)O)C(c2ccc(C(F)(F)F)cc2)C1. The highest BCUT2D eigenvalue weighted by molar-refractivity contribution is 5.72. The van der Waals surface area contributed by atoms with Crippen LogP contribution in [-0.4, -0.2) is 36.1 Å². The van der Waals surface area contributed by atoms with Crippen LogP contribution in [0.5, 0.6) is 0 Å². The second-order valence-electron chi connectivity index (χ2n) is 4.89. The molecule has 1 aromatic rings. The molecule has 0 amide bonds. The lowest BCUT2D eigenvalue weighted by Crippen LogP contribution is -2.21. The van der Waals surface area contributed by atoms with Crippen LogP contribution in [-0.2, 0) is 11.0 Å². The highest BCUT2D eigenvalue weighted by atomic mass is 19.4. The Balaban J connectivity index is 2.24. The molecule has 2 rings (SSSR count). The number of hydrogen-bond acceptors (Lipinski definition) is 2. The number of likely N-dealkylation sites (N-methyl/N-ethyl adjacent to an activating group) is 1. The predicted molar refractivity (Wildman–Crippen MR) is 62.8 cm³/mol. The maximum absolute atomic E-state index is 12.5. The molecule has 104 valence electrons. The van der Waals surface area contributed by atoms with Crippen molar-refractivity contribution in [3.05, 3.63) is 35.4 Å². The minimum atomic E-state index is -4.36. The van der Waals surface area contributed by atoms with E-state index in [0.717, 1.165) is 12.1 Å². The van der Waals surface area contributed by atoms with Crippen molar-refractivity contribution < 1.29 is 23.1 Å². The molecule has 0 aliphatic carbocycles. The molecule has 1 fully saturated rings. The molecule has 1 heterocycles. The van der Waals surface area contributed by atoms with E-state index in [1.54, 1.807) is 7.05 Å². The largest absolute Gasteiger partial charge is 0.481 e. The summed E-state index contributed by atoms with van der Waals surface area (Å²) in [4.78, 5) is 13.0. The molecule has 0 radical (unpaired) electrons. The van der Waals surface area contributed by atoms with E-state index in [1.807, 2.05) is 4.90 Å². The second kappa shape index (κ2) is 4.85. The van der Waals surface area contributed by atoms with Crippen LogP contribution >= 0.6 is 0 Å². The van der Waals surface area contributed by atoms with Gasteiger partial charge in [0.1, 0.15) is 0 Å². The average molecular weight is 273 g/mol. The molecule has 1 aliphatic rings. The van der Waals surface area contributed by atoms with Crippen molar-refractivity contribution in [2.45, 2.75) is 12.1 Å². The number of nitrogens with zero attached hydrogens (tertiary/aromatic N) is 1. The number of hydrogen-bond donors (Lipinski definition) is 1. The molecule has 1 aliphatic heterocycles. The Hall–Kier alpha value is -1.56. The monoisotopic (exact) mass is 273 g/mol. The first-order valence-corrected chi connectivity index (χ1v) is 5.87. The molecule has 2 unspecified atom stereocenters. The van der Waals surface area contributed by atoms with Crippen molar-refractivity contribution in [3.8, 4) is 0 Å². The summed E-state index contributed by atoms with van der Waals surface area (Å²) in [7, 11) is 1.81. The van der Waals surface area contributed by atoms with Crippen LogP contribution in [0, 0.1) is 5.92 Å². The lowest BCUT2D eigenvalue weighted by Gasteiger charge is -2.16. The van der Waals surface area contributed by atoms with Crippen molar-refractivity contribution in [2.75, 3.05) is 20.1 Å². The smallest absolute Gasteiger partial charge is 0.416 e. The number of alkyl halides is 3. The van der Waals surface area contributed by atoms with Crippen molar-refractivity contribution in [2.24, 2.45) is 5.92 Å². The maximum atomic E-state index is 12.5. The van der Waals surface area contributed by atoms with E-state index < -0.39 is 23.6 Å². The van der Waals surface area contributed by atoms with Crippen molar-refractivity contribution in [3.63, 3.8) is 0 Å². The van der Waals surface area contributed by atoms with Crippen LogP contribution in [0.1, 0.15) is 17.0 Å². The van der Waals surface area contributed by atoms with Gasteiger partial charge in [0.05, 0.1) is 11.5 Å². The highest BCUT2D eigenvalue weighted by Crippen LogP contribution is 2.34. The summed E-state index contributed by atoms with van der Waals surface area (Å²) in [5, 5.41) is 9.14. The number of benzene rings is 1. The topological polar surface area (TPSA) is 40.5 Å². The van der Waals surface area contributed by atoms with E-state index in [9.17, 15) is 18.0 Å². The molecule has 1 N–H and O–H groups in total. The molecule has 0 bridgehead atoms. The number of halogens is 3. The number of rotatable bonds is 2. The molecular weight excluding hydrogens is 259 g/mol. The average Bonchev–Trinajstić information content (AvgIpc) is 2.70. The third-order valence-electron chi connectivity index (χ3n) is 3.49. The van der Waals surface area contributed by atoms with Crippen LogP contribution in [0.4, 0.5) is 13.2 Å². The van der Waals surface area contributed by atoms with Gasteiger partial charge in [0.2, 0.25) is 0 Å². The number of aliphatic carboxylic acids is 1. The first-order chi connectivity index (χ1) is 8.79. The third kappa shape index (κ3) is 2.89. The van der Waals surface area contributed by atoms with Crippen LogP contribution in [0.15, 0.2) is 24.3 Å². The van der Waals surface area contributed by atoms with Gasteiger partial charge < -0.3 is 10.0 Å². The van der Waals surface area contributed by atoms with Gasteiger partial charge >= 0.3 is 12.1 Å². The van der Waals surface area contributed by atoms with Crippen LogP contribution in [0.25, 0.3) is 0 Å². The van der Waals surface area contributed by atoms with Gasteiger partial charge in [-0.1, -0.05) is 12.1 Å². The summed E-state index contributed by atoms with van der Waals surface area (Å²) in [6, 6.07) is 4.77. The van der Waals surface area contributed by atoms with Gasteiger partial charge in [0.15, 0.2) is 0 Å². The van der Waals surface area contributed by atoms with E-state index in [1.165, 1.54) is 12.1 Å². The molecule has 1 saturated heterocycles. The van der Waals surface area contributed by atoms with Crippen LogP contribution in [0.3, 0.4) is 0 Å². The van der Waals surface area contributed by atoms with Gasteiger partial charge in [-0.3, -0.25) is 4.79 Å². The lowest BCUT2D eigenvalue weighted by molar-refractivity contribution is -0.142. The molecular formula is C13H14F3NO2. The standard InChI is InChI=1S/C13H14F3NO2/c1-17-6-10(11(7-17)12(18)19)8-2-4-9(5-3-8)13(14,15)16/h2-5,10-11H,6-7H2,1H3,(H,18,19). The van der Waals surface area contributed by atoms with Crippen molar-refractivity contribution >= 4 is 5.97 Å². The molecule has 0 spiro atoms. The zero-order valence-electron chi connectivity index (χ0n) is 10.3. The third-order valence-corrected chi connectivity index (χ3v) is 3.49. The molecule has 1 aromatic carbocycles. The Labute approximate surface area is 108 Å².